The van der Waals surface area contributed by atoms with Crippen LogP contribution in [-0.4, -0.2) is 20.1 Å². The predicted octanol–water partition coefficient (Wildman–Crippen LogP) is 2.00. The van der Waals surface area contributed by atoms with Gasteiger partial charge in [0.15, 0.2) is 11.0 Å². The van der Waals surface area contributed by atoms with Crippen molar-refractivity contribution in [3.63, 3.8) is 0 Å². The molecular weight excluding hydrogens is 264 g/mol. The molecule has 0 saturated carbocycles. The summed E-state index contributed by atoms with van der Waals surface area (Å²) >= 11 is 1.37. The highest BCUT2D eigenvalue weighted by atomic mass is 32.2. The van der Waals surface area contributed by atoms with Gasteiger partial charge in [-0.15, -0.1) is 0 Å². The predicted molar refractivity (Wildman–Crippen MR) is 73.5 cm³/mol. The van der Waals surface area contributed by atoms with E-state index in [0.717, 1.165) is 0 Å². The van der Waals surface area contributed by atoms with Crippen molar-refractivity contribution in [2.45, 2.75) is 37.1 Å². The molecule has 19 heavy (non-hydrogen) atoms. The minimum absolute atomic E-state index is 0.0683. The molecule has 0 amide bonds. The average Bonchev–Trinajstić information content (AvgIpc) is 2.76. The van der Waals surface area contributed by atoms with Crippen LogP contribution in [0.3, 0.4) is 0 Å². The molecule has 2 heterocycles. The number of aromatic nitrogens is 4. The summed E-state index contributed by atoms with van der Waals surface area (Å²) in [6.07, 6.45) is 0. The molecule has 1 atom stereocenters. The molecule has 8 heteroatoms. The van der Waals surface area contributed by atoms with Crippen molar-refractivity contribution >= 4 is 23.4 Å². The standard InChI is InChI=1S/C11H16N6OS/c1-5(2)9-16-10(18-17-9)6(3)19-11-14-7(12)4-8(13)15-11/h4-6H,1-3H3,(H4,12,13,14,15). The summed E-state index contributed by atoms with van der Waals surface area (Å²) in [6.45, 7) is 5.95. The lowest BCUT2D eigenvalue weighted by molar-refractivity contribution is 0.373. The maximum Gasteiger partial charge on any atom is 0.239 e. The van der Waals surface area contributed by atoms with Crippen LogP contribution in [0.5, 0.6) is 0 Å². The van der Waals surface area contributed by atoms with Gasteiger partial charge in [-0.2, -0.15) is 4.98 Å². The van der Waals surface area contributed by atoms with E-state index < -0.39 is 0 Å². The zero-order valence-corrected chi connectivity index (χ0v) is 11.8. The molecule has 102 valence electrons. The maximum absolute atomic E-state index is 5.62. The summed E-state index contributed by atoms with van der Waals surface area (Å²) in [7, 11) is 0. The van der Waals surface area contributed by atoms with Crippen molar-refractivity contribution in [3.05, 3.63) is 17.8 Å². The van der Waals surface area contributed by atoms with E-state index in [1.165, 1.54) is 17.8 Å². The van der Waals surface area contributed by atoms with Gasteiger partial charge in [0.25, 0.3) is 0 Å². The lowest BCUT2D eigenvalue weighted by Gasteiger charge is -2.06. The van der Waals surface area contributed by atoms with Crippen LogP contribution in [0, 0.1) is 0 Å². The number of thioether (sulfide) groups is 1. The van der Waals surface area contributed by atoms with Gasteiger partial charge in [0, 0.05) is 12.0 Å². The second-order valence-electron chi connectivity index (χ2n) is 4.41. The molecule has 0 saturated heterocycles. The van der Waals surface area contributed by atoms with Crippen molar-refractivity contribution in [2.24, 2.45) is 0 Å². The lowest BCUT2D eigenvalue weighted by atomic mass is 10.2. The quantitative estimate of drug-likeness (QED) is 0.645. The van der Waals surface area contributed by atoms with E-state index in [2.05, 4.69) is 20.1 Å². The highest BCUT2D eigenvalue weighted by molar-refractivity contribution is 7.99. The Labute approximate surface area is 115 Å². The summed E-state index contributed by atoms with van der Waals surface area (Å²) in [4.78, 5) is 12.5. The fourth-order valence-electron chi connectivity index (χ4n) is 1.37. The largest absolute Gasteiger partial charge is 0.383 e. The molecule has 2 aromatic rings. The second kappa shape index (κ2) is 5.43. The number of anilines is 2. The third-order valence-corrected chi connectivity index (χ3v) is 3.30. The van der Waals surface area contributed by atoms with E-state index in [0.29, 0.717) is 28.5 Å². The van der Waals surface area contributed by atoms with Crippen LogP contribution >= 0.6 is 11.8 Å². The van der Waals surface area contributed by atoms with Gasteiger partial charge in [-0.1, -0.05) is 30.8 Å². The van der Waals surface area contributed by atoms with E-state index in [1.54, 1.807) is 0 Å². The Bertz CT molecular complexity index is 550. The second-order valence-corrected chi connectivity index (χ2v) is 5.71. The van der Waals surface area contributed by atoms with E-state index >= 15 is 0 Å². The third-order valence-electron chi connectivity index (χ3n) is 2.35. The maximum atomic E-state index is 5.62. The van der Waals surface area contributed by atoms with Gasteiger partial charge < -0.3 is 16.0 Å². The first-order valence-corrected chi connectivity index (χ1v) is 6.74. The molecule has 0 aromatic carbocycles. The highest BCUT2D eigenvalue weighted by Crippen LogP contribution is 2.32. The van der Waals surface area contributed by atoms with Crippen molar-refractivity contribution in [2.75, 3.05) is 11.5 Å². The van der Waals surface area contributed by atoms with Crippen LogP contribution in [0.4, 0.5) is 11.6 Å². The summed E-state index contributed by atoms with van der Waals surface area (Å²) in [5, 5.41) is 4.35. The van der Waals surface area contributed by atoms with E-state index in [-0.39, 0.29) is 11.2 Å². The molecule has 4 N–H and O–H groups in total. The number of nitrogens with zero attached hydrogens (tertiary/aromatic N) is 4. The third kappa shape index (κ3) is 3.34. The van der Waals surface area contributed by atoms with Crippen molar-refractivity contribution in [1.29, 1.82) is 0 Å². The first-order valence-electron chi connectivity index (χ1n) is 5.86. The number of hydrogen-bond acceptors (Lipinski definition) is 8. The van der Waals surface area contributed by atoms with Crippen molar-refractivity contribution < 1.29 is 4.52 Å². The SMILES string of the molecule is CC(C)c1noc(C(C)Sc2nc(N)cc(N)n2)n1. The Hall–Kier alpha value is -1.83. The molecule has 0 aliphatic heterocycles. The average molecular weight is 280 g/mol. The molecule has 0 radical (unpaired) electrons. The Kier molecular flexibility index (Phi) is 3.89. The van der Waals surface area contributed by atoms with Gasteiger partial charge in [0.05, 0.1) is 5.25 Å². The Balaban J connectivity index is 2.13. The van der Waals surface area contributed by atoms with Crippen LogP contribution in [-0.2, 0) is 0 Å². The van der Waals surface area contributed by atoms with Crippen LogP contribution in [0.25, 0.3) is 0 Å². The monoisotopic (exact) mass is 280 g/mol. The lowest BCUT2D eigenvalue weighted by Crippen LogP contribution is -2.00. The van der Waals surface area contributed by atoms with E-state index in [9.17, 15) is 0 Å². The molecule has 2 rings (SSSR count). The summed E-state index contributed by atoms with van der Waals surface area (Å²) in [5.41, 5.74) is 11.2. The first kappa shape index (κ1) is 13.6. The molecular formula is C11H16N6OS. The van der Waals surface area contributed by atoms with Gasteiger partial charge >= 0.3 is 0 Å². The first-order chi connectivity index (χ1) is 8.95. The van der Waals surface area contributed by atoms with Crippen LogP contribution in [0.1, 0.15) is 43.7 Å². The molecule has 0 aliphatic carbocycles. The molecule has 1 unspecified atom stereocenters. The van der Waals surface area contributed by atoms with Gasteiger partial charge in [-0.05, 0) is 6.92 Å². The van der Waals surface area contributed by atoms with Gasteiger partial charge in [0.2, 0.25) is 5.89 Å². The molecule has 2 aromatic heterocycles. The molecule has 0 bridgehead atoms. The van der Waals surface area contributed by atoms with Crippen molar-refractivity contribution in [1.82, 2.24) is 20.1 Å². The fourth-order valence-corrected chi connectivity index (χ4v) is 2.20. The van der Waals surface area contributed by atoms with Gasteiger partial charge in [-0.3, -0.25) is 0 Å². The minimum atomic E-state index is -0.0683. The number of nitrogens with two attached hydrogens (primary N) is 2. The molecule has 0 aliphatic rings. The zero-order valence-electron chi connectivity index (χ0n) is 11.0. The van der Waals surface area contributed by atoms with Crippen LogP contribution in [0.2, 0.25) is 0 Å². The van der Waals surface area contributed by atoms with Crippen LogP contribution in [0.15, 0.2) is 15.7 Å². The summed E-state index contributed by atoms with van der Waals surface area (Å²) in [6, 6.07) is 1.51. The summed E-state index contributed by atoms with van der Waals surface area (Å²) in [5.74, 6) is 2.15. The Morgan fingerprint density at radius 2 is 1.74 bits per heavy atom. The topological polar surface area (TPSA) is 117 Å². The number of rotatable bonds is 4. The van der Waals surface area contributed by atoms with E-state index in [4.69, 9.17) is 16.0 Å². The Morgan fingerprint density at radius 3 is 2.26 bits per heavy atom. The number of hydrogen-bond donors (Lipinski definition) is 2. The fraction of sp³-hybridized carbons (Fsp3) is 0.455. The molecule has 7 nitrogen and oxygen atoms in total. The highest BCUT2D eigenvalue weighted by Gasteiger charge is 2.18. The van der Waals surface area contributed by atoms with Gasteiger partial charge in [0.1, 0.15) is 11.6 Å². The molecule has 0 fully saturated rings. The van der Waals surface area contributed by atoms with E-state index in [1.807, 2.05) is 20.8 Å². The smallest absolute Gasteiger partial charge is 0.239 e. The minimum Gasteiger partial charge on any atom is -0.383 e. The molecule has 0 spiro atoms. The van der Waals surface area contributed by atoms with Crippen molar-refractivity contribution in [3.8, 4) is 0 Å². The summed E-state index contributed by atoms with van der Waals surface area (Å²) < 4.78 is 5.22. The zero-order chi connectivity index (χ0) is 14.0. The number of nitrogen functional groups attached to an aromatic ring is 2. The normalized spacial score (nSPS) is 12.8. The van der Waals surface area contributed by atoms with Crippen LogP contribution < -0.4 is 11.5 Å². The Morgan fingerprint density at radius 1 is 1.11 bits per heavy atom. The van der Waals surface area contributed by atoms with Gasteiger partial charge in [-0.25, -0.2) is 9.97 Å².